The first-order chi connectivity index (χ1) is 7.88. The highest BCUT2D eigenvalue weighted by Gasteiger charge is 2.19. The van der Waals surface area contributed by atoms with E-state index < -0.39 is 16.0 Å². The number of carbonyl (C=O) groups is 1. The number of nitrogens with one attached hydrogen (secondary N) is 1. The van der Waals surface area contributed by atoms with Crippen LogP contribution in [0.15, 0.2) is 17.2 Å². The first-order valence-corrected chi connectivity index (χ1v) is 6.46. The topological polar surface area (TPSA) is 114 Å². The molecule has 0 bridgehead atoms. The van der Waals surface area contributed by atoms with Crippen LogP contribution in [-0.2, 0) is 17.1 Å². The number of hydrogen-bond donors (Lipinski definition) is 3. The minimum Gasteiger partial charge on any atom is -0.477 e. The van der Waals surface area contributed by atoms with Crippen molar-refractivity contribution >= 4 is 16.0 Å². The molecule has 0 unspecified atom stereocenters. The van der Waals surface area contributed by atoms with Gasteiger partial charge in [-0.1, -0.05) is 0 Å². The van der Waals surface area contributed by atoms with Gasteiger partial charge in [0, 0.05) is 19.8 Å². The molecule has 0 saturated heterocycles. The molecule has 0 aliphatic rings. The lowest BCUT2D eigenvalue weighted by atomic mass is 10.4. The molecule has 0 aromatic carbocycles. The second kappa shape index (κ2) is 5.30. The van der Waals surface area contributed by atoms with E-state index in [1.807, 2.05) is 0 Å². The number of hydrogen-bond acceptors (Lipinski definition) is 4. The van der Waals surface area contributed by atoms with Crippen molar-refractivity contribution in [3.05, 3.63) is 18.0 Å². The Morgan fingerprint density at radius 2 is 2.24 bits per heavy atom. The number of rotatable bonds is 6. The van der Waals surface area contributed by atoms with Crippen LogP contribution in [0.5, 0.6) is 0 Å². The maximum atomic E-state index is 11.7. The molecule has 96 valence electrons. The van der Waals surface area contributed by atoms with E-state index in [0.717, 1.165) is 6.07 Å². The lowest BCUT2D eigenvalue weighted by molar-refractivity contribution is 0.0686. The van der Waals surface area contributed by atoms with Crippen LogP contribution in [-0.4, -0.2) is 37.2 Å². The molecular weight excluding hydrogens is 246 g/mol. The second-order valence-corrected chi connectivity index (χ2v) is 5.28. The molecule has 0 saturated carbocycles. The van der Waals surface area contributed by atoms with Crippen LogP contribution in [0.25, 0.3) is 0 Å². The minimum absolute atomic E-state index is 0.0607. The van der Waals surface area contributed by atoms with Gasteiger partial charge < -0.3 is 15.4 Å². The van der Waals surface area contributed by atoms with Crippen molar-refractivity contribution in [3.8, 4) is 0 Å². The maximum Gasteiger partial charge on any atom is 0.352 e. The zero-order valence-electron chi connectivity index (χ0n) is 9.38. The quantitative estimate of drug-likeness (QED) is 0.589. The van der Waals surface area contributed by atoms with Gasteiger partial charge in [0.15, 0.2) is 0 Å². The lowest BCUT2D eigenvalue weighted by Gasteiger charge is -2.02. The highest BCUT2D eigenvalue weighted by molar-refractivity contribution is 7.89. The summed E-state index contributed by atoms with van der Waals surface area (Å²) in [6.45, 7) is 0.619. The second-order valence-electron chi connectivity index (χ2n) is 3.52. The molecule has 1 aromatic heterocycles. The fraction of sp³-hybridized carbons (Fsp3) is 0.444. The van der Waals surface area contributed by atoms with E-state index >= 15 is 0 Å². The molecule has 7 nitrogen and oxygen atoms in total. The average molecular weight is 261 g/mol. The Kier molecular flexibility index (Phi) is 4.27. The van der Waals surface area contributed by atoms with Gasteiger partial charge in [-0.15, -0.1) is 0 Å². The number of aromatic nitrogens is 1. The molecule has 4 N–H and O–H groups in total. The van der Waals surface area contributed by atoms with Crippen LogP contribution in [0, 0.1) is 0 Å². The number of carboxylic acids is 1. The van der Waals surface area contributed by atoms with Crippen LogP contribution < -0.4 is 10.5 Å². The minimum atomic E-state index is -3.66. The van der Waals surface area contributed by atoms with Crippen LogP contribution in [0.2, 0.25) is 0 Å². The first-order valence-electron chi connectivity index (χ1n) is 4.98. The number of aryl methyl sites for hydroxylation is 1. The Labute approximate surface area is 99.3 Å². The van der Waals surface area contributed by atoms with E-state index in [9.17, 15) is 13.2 Å². The first kappa shape index (κ1) is 13.7. The Balaban J connectivity index is 2.92. The SMILES string of the molecule is Cn1cc(S(=O)(=O)NCCCN)cc1C(=O)O. The summed E-state index contributed by atoms with van der Waals surface area (Å²) < 4.78 is 27.1. The summed E-state index contributed by atoms with van der Waals surface area (Å²) in [5.74, 6) is -1.17. The van der Waals surface area contributed by atoms with Crippen molar-refractivity contribution in [2.75, 3.05) is 13.1 Å². The predicted octanol–water partition coefficient (Wildman–Crippen LogP) is -0.650. The zero-order valence-corrected chi connectivity index (χ0v) is 10.2. The molecule has 1 heterocycles. The van der Waals surface area contributed by atoms with Crippen LogP contribution in [0.4, 0.5) is 0 Å². The lowest BCUT2D eigenvalue weighted by Crippen LogP contribution is -2.25. The van der Waals surface area contributed by atoms with Crippen LogP contribution in [0.3, 0.4) is 0 Å². The smallest absolute Gasteiger partial charge is 0.352 e. The maximum absolute atomic E-state index is 11.7. The fourth-order valence-electron chi connectivity index (χ4n) is 1.29. The van der Waals surface area contributed by atoms with Crippen molar-refractivity contribution in [2.45, 2.75) is 11.3 Å². The van der Waals surface area contributed by atoms with Gasteiger partial charge in [0.2, 0.25) is 10.0 Å². The Bertz CT molecular complexity index is 506. The largest absolute Gasteiger partial charge is 0.477 e. The monoisotopic (exact) mass is 261 g/mol. The van der Waals surface area contributed by atoms with Gasteiger partial charge in [0.1, 0.15) is 10.6 Å². The van der Waals surface area contributed by atoms with Gasteiger partial charge in [-0.05, 0) is 19.0 Å². The summed E-state index contributed by atoms with van der Waals surface area (Å²) in [6.07, 6.45) is 1.78. The molecule has 1 rings (SSSR count). The summed E-state index contributed by atoms with van der Waals surface area (Å²) in [4.78, 5) is 10.7. The molecule has 17 heavy (non-hydrogen) atoms. The third-order valence-corrected chi connectivity index (χ3v) is 3.61. The van der Waals surface area contributed by atoms with Gasteiger partial charge >= 0.3 is 5.97 Å². The molecule has 0 amide bonds. The summed E-state index contributed by atoms with van der Waals surface area (Å²) >= 11 is 0. The van der Waals surface area contributed by atoms with E-state index in [2.05, 4.69) is 4.72 Å². The van der Waals surface area contributed by atoms with Gasteiger partial charge in [-0.2, -0.15) is 0 Å². The Morgan fingerprint density at radius 3 is 2.71 bits per heavy atom. The Hall–Kier alpha value is -1.38. The van der Waals surface area contributed by atoms with Crippen molar-refractivity contribution in [1.82, 2.24) is 9.29 Å². The molecule has 0 atom stereocenters. The molecular formula is C9H15N3O4S. The molecule has 0 fully saturated rings. The van der Waals surface area contributed by atoms with Gasteiger partial charge in [-0.25, -0.2) is 17.9 Å². The standard InChI is InChI=1S/C9H15N3O4S/c1-12-6-7(5-8(12)9(13)14)17(15,16)11-4-2-3-10/h5-6,11H,2-4,10H2,1H3,(H,13,14). The highest BCUT2D eigenvalue weighted by Crippen LogP contribution is 2.13. The summed E-state index contributed by atoms with van der Waals surface area (Å²) in [5.41, 5.74) is 5.17. The number of sulfonamides is 1. The molecule has 0 aliphatic heterocycles. The van der Waals surface area contributed by atoms with Crippen molar-refractivity contribution in [1.29, 1.82) is 0 Å². The summed E-state index contributed by atoms with van der Waals surface area (Å²) in [6, 6.07) is 1.12. The average Bonchev–Trinajstić information content (AvgIpc) is 2.61. The zero-order chi connectivity index (χ0) is 13.1. The van der Waals surface area contributed by atoms with E-state index in [0.29, 0.717) is 13.0 Å². The molecule has 8 heteroatoms. The highest BCUT2D eigenvalue weighted by atomic mass is 32.2. The van der Waals surface area contributed by atoms with E-state index in [1.165, 1.54) is 17.8 Å². The normalized spacial score (nSPS) is 11.6. The third-order valence-electron chi connectivity index (χ3n) is 2.18. The van der Waals surface area contributed by atoms with Crippen molar-refractivity contribution in [3.63, 3.8) is 0 Å². The van der Waals surface area contributed by atoms with Crippen molar-refractivity contribution in [2.24, 2.45) is 12.8 Å². The predicted molar refractivity (Wildman–Crippen MR) is 61.2 cm³/mol. The number of carboxylic acid groups (broad SMARTS) is 1. The van der Waals surface area contributed by atoms with E-state index in [1.54, 1.807) is 0 Å². The summed E-state index contributed by atoms with van der Waals surface area (Å²) in [5, 5.41) is 8.81. The fourth-order valence-corrected chi connectivity index (χ4v) is 2.43. The van der Waals surface area contributed by atoms with Crippen LogP contribution in [0.1, 0.15) is 16.9 Å². The number of nitrogens with two attached hydrogens (primary N) is 1. The molecule has 0 aliphatic carbocycles. The molecule has 1 aromatic rings. The van der Waals surface area contributed by atoms with Crippen molar-refractivity contribution < 1.29 is 18.3 Å². The van der Waals surface area contributed by atoms with Gasteiger partial charge in [-0.3, -0.25) is 0 Å². The number of nitrogens with zero attached hydrogens (tertiary/aromatic N) is 1. The summed E-state index contributed by atoms with van der Waals surface area (Å²) in [7, 11) is -2.18. The Morgan fingerprint density at radius 1 is 1.59 bits per heavy atom. The van der Waals surface area contributed by atoms with Gasteiger partial charge in [0.05, 0.1) is 0 Å². The van der Waals surface area contributed by atoms with Crippen LogP contribution >= 0.6 is 0 Å². The van der Waals surface area contributed by atoms with E-state index in [4.69, 9.17) is 10.8 Å². The third kappa shape index (κ3) is 3.29. The molecule has 0 radical (unpaired) electrons. The van der Waals surface area contributed by atoms with E-state index in [-0.39, 0.29) is 17.1 Å². The van der Waals surface area contributed by atoms with Gasteiger partial charge in [0.25, 0.3) is 0 Å². The number of aromatic carboxylic acids is 1. The molecule has 0 spiro atoms.